The van der Waals surface area contributed by atoms with Crippen LogP contribution in [-0.4, -0.2) is 50.2 Å². The molecule has 2 aromatic carbocycles. The minimum absolute atomic E-state index is 0.192. The Morgan fingerprint density at radius 1 is 0.976 bits per heavy atom. The molecule has 41 heavy (non-hydrogen) atoms. The largest absolute Gasteiger partial charge is 0.497 e. The molecule has 210 valence electrons. The van der Waals surface area contributed by atoms with Gasteiger partial charge in [0.25, 0.3) is 11.5 Å². The lowest BCUT2D eigenvalue weighted by Crippen LogP contribution is -2.37. The summed E-state index contributed by atoms with van der Waals surface area (Å²) >= 11 is 0. The number of hydrazone groups is 1. The van der Waals surface area contributed by atoms with E-state index in [2.05, 4.69) is 5.10 Å². The van der Waals surface area contributed by atoms with E-state index in [1.165, 1.54) is 9.58 Å². The zero-order valence-corrected chi connectivity index (χ0v) is 23.6. The lowest BCUT2D eigenvalue weighted by Gasteiger charge is -2.23. The number of rotatable bonds is 7. The second kappa shape index (κ2) is 10.7. The molecule has 1 aliphatic carbocycles. The van der Waals surface area contributed by atoms with Crippen LogP contribution >= 0.6 is 0 Å². The number of aryl methyl sites for hydroxylation is 3. The van der Waals surface area contributed by atoms with Gasteiger partial charge in [-0.05, 0) is 86.7 Å². The van der Waals surface area contributed by atoms with Crippen LogP contribution in [0.25, 0.3) is 5.95 Å². The Morgan fingerprint density at radius 2 is 1.66 bits per heavy atom. The summed E-state index contributed by atoms with van der Waals surface area (Å²) in [6, 6.07) is 16.8. The lowest BCUT2D eigenvalue weighted by atomic mass is 9.98. The highest BCUT2D eigenvalue weighted by atomic mass is 16.5. The monoisotopic (exact) mass is 552 g/mol. The van der Waals surface area contributed by atoms with Crippen molar-refractivity contribution in [3.8, 4) is 17.4 Å². The Morgan fingerprint density at radius 3 is 2.29 bits per heavy atom. The fourth-order valence-electron chi connectivity index (χ4n) is 5.64. The van der Waals surface area contributed by atoms with Gasteiger partial charge in [-0.3, -0.25) is 14.2 Å². The highest BCUT2D eigenvalue weighted by Gasteiger charge is 2.34. The number of nitrogens with zero attached hydrogens (tertiary/aromatic N) is 6. The Balaban J connectivity index is 1.40. The zero-order valence-electron chi connectivity index (χ0n) is 23.6. The molecule has 1 amide bonds. The van der Waals surface area contributed by atoms with Crippen LogP contribution in [0.1, 0.15) is 52.7 Å². The van der Waals surface area contributed by atoms with Crippen LogP contribution in [0.15, 0.2) is 64.5 Å². The average molecular weight is 553 g/mol. The van der Waals surface area contributed by atoms with Crippen molar-refractivity contribution in [2.45, 2.75) is 52.1 Å². The van der Waals surface area contributed by atoms with Crippen molar-refractivity contribution in [3.63, 3.8) is 0 Å². The molecule has 10 heteroatoms. The summed E-state index contributed by atoms with van der Waals surface area (Å²) in [5, 5.41) is 10.9. The fourth-order valence-corrected chi connectivity index (χ4v) is 5.64. The van der Waals surface area contributed by atoms with E-state index in [1.807, 2.05) is 68.4 Å². The molecule has 0 bridgehead atoms. The van der Waals surface area contributed by atoms with E-state index in [4.69, 9.17) is 19.6 Å². The molecule has 0 radical (unpaired) electrons. The average Bonchev–Trinajstić information content (AvgIpc) is 3.73. The number of aromatic nitrogens is 4. The second-order valence-corrected chi connectivity index (χ2v) is 10.4. The molecule has 1 aliphatic heterocycles. The first-order chi connectivity index (χ1) is 19.9. The SMILES string of the molecule is COc1ccc(C2=NN(C(=O)Cn3c(-n4nc(C)cc4C)nc4c(c3=O)CCC4)C(c3ccc(OC)cc3)C2)cc1. The Hall–Kier alpha value is -4.73. The van der Waals surface area contributed by atoms with Crippen molar-refractivity contribution in [3.05, 3.63) is 98.7 Å². The van der Waals surface area contributed by atoms with Gasteiger partial charge in [0.2, 0.25) is 5.95 Å². The number of carbonyl (C=O) groups excluding carboxylic acids is 1. The Kier molecular flexibility index (Phi) is 6.90. The van der Waals surface area contributed by atoms with Crippen LogP contribution in [-0.2, 0) is 24.2 Å². The van der Waals surface area contributed by atoms with Crippen LogP contribution in [0.5, 0.6) is 11.5 Å². The number of amides is 1. The molecule has 10 nitrogen and oxygen atoms in total. The van der Waals surface area contributed by atoms with E-state index in [9.17, 15) is 9.59 Å². The van der Waals surface area contributed by atoms with Gasteiger partial charge < -0.3 is 9.47 Å². The maximum absolute atomic E-state index is 14.1. The van der Waals surface area contributed by atoms with E-state index >= 15 is 0 Å². The molecule has 1 atom stereocenters. The van der Waals surface area contributed by atoms with Crippen LogP contribution in [0.2, 0.25) is 0 Å². The maximum atomic E-state index is 14.1. The van der Waals surface area contributed by atoms with Gasteiger partial charge in [0, 0.05) is 17.7 Å². The first kappa shape index (κ1) is 26.5. The molecule has 2 aliphatic rings. The van der Waals surface area contributed by atoms with E-state index < -0.39 is 0 Å². The van der Waals surface area contributed by atoms with Crippen LogP contribution in [0.3, 0.4) is 0 Å². The van der Waals surface area contributed by atoms with E-state index in [0.29, 0.717) is 24.4 Å². The van der Waals surface area contributed by atoms with Crippen molar-refractivity contribution < 1.29 is 14.3 Å². The van der Waals surface area contributed by atoms with Crippen molar-refractivity contribution in [2.75, 3.05) is 14.2 Å². The normalized spacial score (nSPS) is 16.0. The summed E-state index contributed by atoms with van der Waals surface area (Å²) in [5.41, 5.74) is 5.53. The minimum atomic E-state index is -0.347. The van der Waals surface area contributed by atoms with Gasteiger partial charge in [0.15, 0.2) is 0 Å². The summed E-state index contributed by atoms with van der Waals surface area (Å²) in [6.45, 7) is 3.60. The van der Waals surface area contributed by atoms with Crippen molar-refractivity contribution >= 4 is 11.6 Å². The van der Waals surface area contributed by atoms with Crippen LogP contribution in [0.4, 0.5) is 0 Å². The smallest absolute Gasteiger partial charge is 0.263 e. The summed E-state index contributed by atoms with van der Waals surface area (Å²) in [7, 11) is 3.24. The first-order valence-electron chi connectivity index (χ1n) is 13.7. The third-order valence-electron chi connectivity index (χ3n) is 7.75. The highest BCUT2D eigenvalue weighted by Crippen LogP contribution is 2.34. The van der Waals surface area contributed by atoms with Gasteiger partial charge in [-0.25, -0.2) is 14.7 Å². The lowest BCUT2D eigenvalue weighted by molar-refractivity contribution is -0.133. The van der Waals surface area contributed by atoms with Crippen LogP contribution < -0.4 is 15.0 Å². The number of carbonyl (C=O) groups is 1. The Bertz CT molecular complexity index is 1700. The number of ether oxygens (including phenoxy) is 2. The highest BCUT2D eigenvalue weighted by molar-refractivity contribution is 6.03. The molecule has 2 aromatic heterocycles. The van der Waals surface area contributed by atoms with Crippen LogP contribution in [0, 0.1) is 13.8 Å². The number of hydrogen-bond acceptors (Lipinski definition) is 7. The third-order valence-corrected chi connectivity index (χ3v) is 7.75. The van der Waals surface area contributed by atoms with Gasteiger partial charge >= 0.3 is 0 Å². The van der Waals surface area contributed by atoms with E-state index in [0.717, 1.165) is 58.3 Å². The summed E-state index contributed by atoms with van der Waals surface area (Å²) in [5.74, 6) is 1.52. The standard InChI is InChI=1S/C31H32N6O4/c1-19-16-20(2)36(33-19)31-32-26-7-5-6-25(26)30(39)35(31)18-29(38)37-28(22-10-14-24(41-4)15-11-22)17-27(34-37)21-8-12-23(40-3)13-9-21/h8-16,28H,5-7,17-18H2,1-4H3. The molecular formula is C31H32N6O4. The van der Waals surface area contributed by atoms with Gasteiger partial charge in [-0.15, -0.1) is 0 Å². The van der Waals surface area contributed by atoms with Crippen molar-refractivity contribution in [2.24, 2.45) is 5.10 Å². The molecule has 1 unspecified atom stereocenters. The maximum Gasteiger partial charge on any atom is 0.263 e. The number of hydrogen-bond donors (Lipinski definition) is 0. The first-order valence-corrected chi connectivity index (χ1v) is 13.7. The van der Waals surface area contributed by atoms with Gasteiger partial charge in [0.05, 0.1) is 37.4 Å². The number of methoxy groups -OCH3 is 2. The number of fused-ring (bicyclic) bond motifs is 1. The molecule has 0 saturated carbocycles. The molecule has 0 N–H and O–H groups in total. The summed E-state index contributed by atoms with van der Waals surface area (Å²) in [4.78, 5) is 32.7. The van der Waals surface area contributed by atoms with E-state index in [-0.39, 0.29) is 24.1 Å². The van der Waals surface area contributed by atoms with Gasteiger partial charge in [-0.1, -0.05) is 12.1 Å². The molecule has 0 fully saturated rings. The fraction of sp³-hybridized carbons (Fsp3) is 0.323. The molecule has 3 heterocycles. The molecule has 0 saturated heterocycles. The quantitative estimate of drug-likeness (QED) is 0.344. The topological polar surface area (TPSA) is 104 Å². The zero-order chi connectivity index (χ0) is 28.7. The predicted octanol–water partition coefficient (Wildman–Crippen LogP) is 3.93. The second-order valence-electron chi connectivity index (χ2n) is 10.4. The molecular weight excluding hydrogens is 520 g/mol. The molecule has 6 rings (SSSR count). The van der Waals surface area contributed by atoms with Crippen molar-refractivity contribution in [1.82, 2.24) is 24.3 Å². The summed E-state index contributed by atoms with van der Waals surface area (Å²) < 4.78 is 13.8. The number of benzene rings is 2. The van der Waals surface area contributed by atoms with Crippen molar-refractivity contribution in [1.29, 1.82) is 0 Å². The predicted molar refractivity (Wildman–Crippen MR) is 154 cm³/mol. The third kappa shape index (κ3) is 4.90. The molecule has 0 spiro atoms. The van der Waals surface area contributed by atoms with E-state index in [1.54, 1.807) is 18.9 Å². The van der Waals surface area contributed by atoms with Gasteiger partial charge in [-0.2, -0.15) is 10.2 Å². The summed E-state index contributed by atoms with van der Waals surface area (Å²) in [6.07, 6.45) is 2.79. The molecule has 4 aromatic rings. The minimum Gasteiger partial charge on any atom is -0.497 e. The van der Waals surface area contributed by atoms with Gasteiger partial charge in [0.1, 0.15) is 18.0 Å². The Labute approximate surface area is 237 Å².